The Balaban J connectivity index is 1.25. The molecule has 1 saturated heterocycles. The highest BCUT2D eigenvalue weighted by atomic mass is 16.2. The first-order valence-electron chi connectivity index (χ1n) is 9.88. The van der Waals surface area contributed by atoms with E-state index in [9.17, 15) is 4.79 Å². The van der Waals surface area contributed by atoms with Gasteiger partial charge < -0.3 is 9.47 Å². The number of aromatic nitrogens is 5. The van der Waals surface area contributed by atoms with Gasteiger partial charge in [0.05, 0.1) is 0 Å². The van der Waals surface area contributed by atoms with Crippen LogP contribution in [0, 0.1) is 5.92 Å². The summed E-state index contributed by atoms with van der Waals surface area (Å²) >= 11 is 0. The molecule has 1 saturated carbocycles. The molecule has 1 amide bonds. The van der Waals surface area contributed by atoms with Gasteiger partial charge in [-0.05, 0) is 37.7 Å². The lowest BCUT2D eigenvalue weighted by atomic mass is 9.85. The van der Waals surface area contributed by atoms with Crippen molar-refractivity contribution in [3.8, 4) is 0 Å². The fraction of sp³-hybridized carbons (Fsp3) is 0.500. The van der Waals surface area contributed by atoms with Crippen LogP contribution in [0.15, 0.2) is 37.1 Å². The quantitative estimate of drug-likeness (QED) is 0.714. The summed E-state index contributed by atoms with van der Waals surface area (Å²) in [5, 5.41) is 0. The molecule has 7 heteroatoms. The van der Waals surface area contributed by atoms with Gasteiger partial charge in [0, 0.05) is 56.5 Å². The van der Waals surface area contributed by atoms with Crippen molar-refractivity contribution in [2.24, 2.45) is 5.92 Å². The summed E-state index contributed by atoms with van der Waals surface area (Å²) < 4.78 is 4.14. The normalized spacial score (nSPS) is 18.7. The molecule has 2 aliphatic rings. The van der Waals surface area contributed by atoms with Crippen LogP contribution in [-0.4, -0.2) is 47.8 Å². The average Bonchev–Trinajstić information content (AvgIpc) is 3.31. The molecule has 4 heterocycles. The molecular weight excluding hydrogens is 340 g/mol. The Hall–Kier alpha value is -2.70. The van der Waals surface area contributed by atoms with Crippen LogP contribution in [0.3, 0.4) is 0 Å². The van der Waals surface area contributed by atoms with Crippen molar-refractivity contribution >= 4 is 11.7 Å². The molecule has 0 radical (unpaired) electrons. The summed E-state index contributed by atoms with van der Waals surface area (Å²) in [6.45, 7) is 2.60. The Bertz CT molecular complexity index is 915. The van der Waals surface area contributed by atoms with Crippen LogP contribution in [0.25, 0.3) is 5.78 Å². The minimum absolute atomic E-state index is 0.00300. The van der Waals surface area contributed by atoms with Crippen molar-refractivity contribution in [1.82, 2.24) is 28.8 Å². The van der Waals surface area contributed by atoms with Gasteiger partial charge in [-0.15, -0.1) is 0 Å². The zero-order valence-electron chi connectivity index (χ0n) is 15.4. The number of nitrogens with zero attached hydrogens (tertiary/aromatic N) is 6. The van der Waals surface area contributed by atoms with Crippen molar-refractivity contribution in [3.05, 3.63) is 48.6 Å². The molecule has 27 heavy (non-hydrogen) atoms. The Morgan fingerprint density at radius 2 is 1.93 bits per heavy atom. The highest BCUT2D eigenvalue weighted by Gasteiger charge is 2.29. The maximum Gasteiger partial charge on any atom is 0.274 e. The second kappa shape index (κ2) is 6.79. The lowest BCUT2D eigenvalue weighted by Gasteiger charge is -2.32. The van der Waals surface area contributed by atoms with E-state index in [-0.39, 0.29) is 5.91 Å². The number of carbonyl (C=O) groups excluding carboxylic acids is 1. The fourth-order valence-corrected chi connectivity index (χ4v) is 4.22. The van der Waals surface area contributed by atoms with Gasteiger partial charge in [0.1, 0.15) is 11.5 Å². The van der Waals surface area contributed by atoms with Crippen LogP contribution in [-0.2, 0) is 6.54 Å². The zero-order valence-corrected chi connectivity index (χ0v) is 15.4. The molecule has 0 aromatic carbocycles. The first kappa shape index (κ1) is 16.5. The van der Waals surface area contributed by atoms with Crippen LogP contribution < -0.4 is 0 Å². The predicted molar refractivity (Wildman–Crippen MR) is 100 cm³/mol. The van der Waals surface area contributed by atoms with Crippen molar-refractivity contribution in [2.45, 2.75) is 44.6 Å². The number of fused-ring (bicyclic) bond motifs is 1. The molecule has 0 spiro atoms. The summed E-state index contributed by atoms with van der Waals surface area (Å²) in [5.41, 5.74) is 0.471. The first-order valence-corrected chi connectivity index (χ1v) is 9.88. The number of likely N-dealkylation sites (tertiary alicyclic amines) is 1. The number of hydrogen-bond donors (Lipinski definition) is 0. The van der Waals surface area contributed by atoms with Crippen LogP contribution in [0.5, 0.6) is 0 Å². The van der Waals surface area contributed by atoms with E-state index < -0.39 is 0 Å². The molecule has 2 fully saturated rings. The van der Waals surface area contributed by atoms with E-state index >= 15 is 0 Å². The molecule has 1 aliphatic heterocycles. The maximum absolute atomic E-state index is 12.8. The van der Waals surface area contributed by atoms with Crippen LogP contribution in [0.4, 0.5) is 0 Å². The third kappa shape index (κ3) is 3.11. The molecule has 0 atom stereocenters. The Morgan fingerprint density at radius 1 is 1.07 bits per heavy atom. The van der Waals surface area contributed by atoms with Crippen molar-refractivity contribution in [1.29, 1.82) is 0 Å². The van der Waals surface area contributed by atoms with Crippen LogP contribution in [0.1, 0.15) is 54.3 Å². The number of hydrogen-bond acceptors (Lipinski definition) is 4. The van der Waals surface area contributed by atoms with E-state index in [1.165, 1.54) is 25.1 Å². The minimum atomic E-state index is -0.00300. The molecular formula is C20H24N6O. The second-order valence-electron chi connectivity index (χ2n) is 7.75. The van der Waals surface area contributed by atoms with Gasteiger partial charge in [-0.2, -0.15) is 0 Å². The number of rotatable bonds is 4. The number of amides is 1. The van der Waals surface area contributed by atoms with E-state index in [4.69, 9.17) is 0 Å². The highest BCUT2D eigenvalue weighted by molar-refractivity contribution is 5.92. The Labute approximate surface area is 158 Å². The summed E-state index contributed by atoms with van der Waals surface area (Å²) in [4.78, 5) is 27.9. The molecule has 7 nitrogen and oxygen atoms in total. The lowest BCUT2D eigenvalue weighted by molar-refractivity contribution is 0.0704. The minimum Gasteiger partial charge on any atom is -0.337 e. The molecule has 140 valence electrons. The molecule has 3 aromatic heterocycles. The summed E-state index contributed by atoms with van der Waals surface area (Å²) in [6, 6.07) is 1.83. The van der Waals surface area contributed by atoms with Gasteiger partial charge in [0.25, 0.3) is 5.91 Å². The third-order valence-corrected chi connectivity index (χ3v) is 6.03. The van der Waals surface area contributed by atoms with Gasteiger partial charge in [-0.25, -0.2) is 15.0 Å². The topological polar surface area (TPSA) is 68.3 Å². The SMILES string of the molecule is O=C(c1cn2cccnc2n1)N1CCC(c2nccn2CC2CCC2)CC1. The molecule has 0 N–H and O–H groups in total. The zero-order chi connectivity index (χ0) is 18.2. The van der Waals surface area contributed by atoms with E-state index in [0.29, 0.717) is 17.4 Å². The van der Waals surface area contributed by atoms with E-state index in [2.05, 4.69) is 25.7 Å². The van der Waals surface area contributed by atoms with Crippen LogP contribution >= 0.6 is 0 Å². The van der Waals surface area contributed by atoms with Gasteiger partial charge in [0.15, 0.2) is 0 Å². The monoisotopic (exact) mass is 364 g/mol. The molecule has 0 bridgehead atoms. The summed E-state index contributed by atoms with van der Waals surface area (Å²) in [6.07, 6.45) is 15.3. The molecule has 3 aromatic rings. The highest BCUT2D eigenvalue weighted by Crippen LogP contribution is 2.31. The smallest absolute Gasteiger partial charge is 0.274 e. The van der Waals surface area contributed by atoms with Gasteiger partial charge in [-0.3, -0.25) is 9.20 Å². The second-order valence-corrected chi connectivity index (χ2v) is 7.75. The van der Waals surface area contributed by atoms with E-state index in [1.807, 2.05) is 23.4 Å². The summed E-state index contributed by atoms with van der Waals surface area (Å²) in [7, 11) is 0. The Morgan fingerprint density at radius 3 is 2.67 bits per heavy atom. The van der Waals surface area contributed by atoms with Gasteiger partial charge >= 0.3 is 0 Å². The van der Waals surface area contributed by atoms with E-state index in [0.717, 1.165) is 38.4 Å². The molecule has 0 unspecified atom stereocenters. The van der Waals surface area contributed by atoms with Gasteiger partial charge in [-0.1, -0.05) is 6.42 Å². The van der Waals surface area contributed by atoms with Crippen LogP contribution in [0.2, 0.25) is 0 Å². The van der Waals surface area contributed by atoms with Crippen molar-refractivity contribution < 1.29 is 4.79 Å². The maximum atomic E-state index is 12.8. The van der Waals surface area contributed by atoms with E-state index in [1.54, 1.807) is 16.8 Å². The first-order chi connectivity index (χ1) is 13.3. The number of piperidine rings is 1. The molecule has 5 rings (SSSR count). The summed E-state index contributed by atoms with van der Waals surface area (Å²) in [5.74, 6) is 3.02. The lowest BCUT2D eigenvalue weighted by Crippen LogP contribution is -2.38. The predicted octanol–water partition coefficient (Wildman–Crippen LogP) is 2.75. The van der Waals surface area contributed by atoms with Crippen molar-refractivity contribution in [2.75, 3.05) is 13.1 Å². The molecule has 1 aliphatic carbocycles. The van der Waals surface area contributed by atoms with Crippen molar-refractivity contribution in [3.63, 3.8) is 0 Å². The van der Waals surface area contributed by atoms with Gasteiger partial charge in [0.2, 0.25) is 5.78 Å². The Kier molecular flexibility index (Phi) is 4.14. The number of carbonyl (C=O) groups is 1. The fourth-order valence-electron chi connectivity index (χ4n) is 4.22. The third-order valence-electron chi connectivity index (χ3n) is 6.03. The average molecular weight is 364 g/mol. The standard InChI is InChI=1S/C20H24N6O/c27-19(17-14-26-9-2-7-22-20(26)23-17)24-10-5-16(6-11-24)18-21-8-12-25(18)13-15-3-1-4-15/h2,7-9,12,14-16H,1,3-6,10-11,13H2. The number of imidazole rings is 2. The largest absolute Gasteiger partial charge is 0.337 e.